The molecule has 0 saturated carbocycles. The molecule has 120 valence electrons. The number of halogens is 1. The lowest BCUT2D eigenvalue weighted by Gasteiger charge is -2.37. The fourth-order valence-electron chi connectivity index (χ4n) is 2.36. The number of hydrogen-bond donors (Lipinski definition) is 1. The van der Waals surface area contributed by atoms with Crippen molar-refractivity contribution in [1.82, 2.24) is 0 Å². The number of para-hydroxylation sites is 1. The second-order valence-corrected chi connectivity index (χ2v) is 7.25. The van der Waals surface area contributed by atoms with E-state index >= 15 is 0 Å². The summed E-state index contributed by atoms with van der Waals surface area (Å²) >= 11 is 6.60. The van der Waals surface area contributed by atoms with Crippen molar-refractivity contribution in [2.24, 2.45) is 0 Å². The molecule has 1 N–H and O–H groups in total. The monoisotopic (exact) mass is 330 g/mol. The fourth-order valence-corrected chi connectivity index (χ4v) is 2.68. The Labute approximate surface area is 141 Å². The molecule has 0 fully saturated rings. The summed E-state index contributed by atoms with van der Waals surface area (Å²) in [5.74, 6) is 0. The van der Waals surface area contributed by atoms with E-state index in [0.29, 0.717) is 12.5 Å². The third-order valence-electron chi connectivity index (χ3n) is 4.62. The van der Waals surface area contributed by atoms with Crippen molar-refractivity contribution in [1.29, 1.82) is 0 Å². The van der Waals surface area contributed by atoms with E-state index in [-0.39, 0.29) is 0 Å². The molecule has 0 aliphatic heterocycles. The van der Waals surface area contributed by atoms with E-state index in [9.17, 15) is 5.11 Å². The van der Waals surface area contributed by atoms with E-state index in [1.165, 1.54) is 0 Å². The van der Waals surface area contributed by atoms with Gasteiger partial charge in [0.15, 0.2) is 0 Å². The third kappa shape index (κ3) is 2.87. The summed E-state index contributed by atoms with van der Waals surface area (Å²) in [5, 5.41) is 12.7. The van der Waals surface area contributed by atoms with Crippen LogP contribution in [-0.4, -0.2) is 23.8 Å². The number of fused-ring (bicyclic) bond motifs is 3. The van der Waals surface area contributed by atoms with Crippen LogP contribution in [0.25, 0.3) is 21.9 Å². The van der Waals surface area contributed by atoms with Gasteiger partial charge in [-0.05, 0) is 45.3 Å². The van der Waals surface area contributed by atoms with Gasteiger partial charge >= 0.3 is 7.48 Å². The zero-order valence-electron chi connectivity index (χ0n) is 13.8. The highest BCUT2D eigenvalue weighted by Gasteiger charge is 2.35. The highest BCUT2D eigenvalue weighted by molar-refractivity contribution is 6.56. The standard InChI is InChI=1S/C18H20BClO3/c1-17(2,21)18(3,4)23-19-12-9-10-14-15(16(12)20)11-7-5-6-8-13(11)22-14/h5-10,19,21H,1-4H3. The fraction of sp³-hybridized carbons (Fsp3) is 0.333. The molecular weight excluding hydrogens is 310 g/mol. The molecule has 0 unspecified atom stereocenters. The summed E-state index contributed by atoms with van der Waals surface area (Å²) in [6.07, 6.45) is 0. The van der Waals surface area contributed by atoms with E-state index in [1.807, 2.05) is 50.2 Å². The van der Waals surface area contributed by atoms with Crippen LogP contribution in [0.4, 0.5) is 0 Å². The minimum atomic E-state index is -0.952. The predicted molar refractivity (Wildman–Crippen MR) is 97.0 cm³/mol. The van der Waals surface area contributed by atoms with Crippen LogP contribution >= 0.6 is 11.6 Å². The zero-order valence-corrected chi connectivity index (χ0v) is 14.6. The molecule has 1 aromatic heterocycles. The molecule has 23 heavy (non-hydrogen) atoms. The maximum Gasteiger partial charge on any atom is 0.310 e. The molecule has 0 aliphatic carbocycles. The molecule has 2 aromatic carbocycles. The van der Waals surface area contributed by atoms with Crippen molar-refractivity contribution < 1.29 is 14.2 Å². The second kappa shape index (κ2) is 5.55. The Morgan fingerprint density at radius 1 is 1.04 bits per heavy atom. The van der Waals surface area contributed by atoms with E-state index in [2.05, 4.69) is 0 Å². The maximum atomic E-state index is 10.2. The zero-order chi connectivity index (χ0) is 16.8. The molecular formula is C18H20BClO3. The van der Waals surface area contributed by atoms with E-state index in [4.69, 9.17) is 20.7 Å². The highest BCUT2D eigenvalue weighted by atomic mass is 35.5. The molecule has 0 aliphatic rings. The van der Waals surface area contributed by atoms with Crippen molar-refractivity contribution in [3.8, 4) is 0 Å². The van der Waals surface area contributed by atoms with Gasteiger partial charge in [-0.25, -0.2) is 0 Å². The Hall–Kier alpha value is -1.49. The third-order valence-corrected chi connectivity index (χ3v) is 5.05. The van der Waals surface area contributed by atoms with Crippen LogP contribution in [0.15, 0.2) is 40.8 Å². The Morgan fingerprint density at radius 2 is 1.74 bits per heavy atom. The van der Waals surface area contributed by atoms with Gasteiger partial charge in [-0.2, -0.15) is 0 Å². The van der Waals surface area contributed by atoms with Gasteiger partial charge < -0.3 is 14.2 Å². The number of furan rings is 1. The normalized spacial score (nSPS) is 13.0. The van der Waals surface area contributed by atoms with Gasteiger partial charge in [-0.3, -0.25) is 0 Å². The van der Waals surface area contributed by atoms with Gasteiger partial charge in [-0.15, -0.1) is 0 Å². The lowest BCUT2D eigenvalue weighted by atomic mass is 9.82. The smallest absolute Gasteiger partial charge is 0.310 e. The maximum absolute atomic E-state index is 10.2. The van der Waals surface area contributed by atoms with Crippen LogP contribution in [0.5, 0.6) is 0 Å². The molecule has 5 heteroatoms. The average Bonchev–Trinajstić information content (AvgIpc) is 2.84. The first kappa shape index (κ1) is 16.4. The molecule has 0 amide bonds. The average molecular weight is 331 g/mol. The Balaban J connectivity index is 2.00. The number of benzene rings is 2. The molecule has 3 nitrogen and oxygen atoms in total. The van der Waals surface area contributed by atoms with Gasteiger partial charge in [0.1, 0.15) is 11.2 Å². The van der Waals surface area contributed by atoms with Gasteiger partial charge in [0.05, 0.1) is 11.2 Å². The highest BCUT2D eigenvalue weighted by Crippen LogP contribution is 2.33. The SMILES string of the molecule is CC(C)(O)C(C)(C)OBc1ccc2oc3ccccc3c2c1Cl. The lowest BCUT2D eigenvalue weighted by Crippen LogP contribution is -2.49. The van der Waals surface area contributed by atoms with Crippen molar-refractivity contribution in [3.05, 3.63) is 41.4 Å². The molecule has 0 spiro atoms. The molecule has 3 aromatic rings. The first-order valence-corrected chi connectivity index (χ1v) is 8.03. The van der Waals surface area contributed by atoms with E-state index in [1.54, 1.807) is 13.8 Å². The van der Waals surface area contributed by atoms with E-state index < -0.39 is 11.2 Å². The van der Waals surface area contributed by atoms with Crippen LogP contribution in [0.2, 0.25) is 5.02 Å². The Morgan fingerprint density at radius 3 is 2.43 bits per heavy atom. The minimum absolute atomic E-state index is 0.325. The molecule has 3 rings (SSSR count). The Bertz CT molecular complexity index is 862. The second-order valence-electron chi connectivity index (χ2n) is 6.87. The van der Waals surface area contributed by atoms with Gasteiger partial charge in [0.2, 0.25) is 0 Å². The summed E-state index contributed by atoms with van der Waals surface area (Å²) < 4.78 is 11.8. The van der Waals surface area contributed by atoms with Crippen LogP contribution in [0.1, 0.15) is 27.7 Å². The molecule has 0 atom stereocenters. The molecule has 0 saturated heterocycles. The van der Waals surface area contributed by atoms with Crippen LogP contribution in [-0.2, 0) is 4.65 Å². The summed E-state index contributed by atoms with van der Waals surface area (Å²) in [5.41, 5.74) is 0.819. The first-order chi connectivity index (χ1) is 10.7. The number of rotatable bonds is 4. The summed E-state index contributed by atoms with van der Waals surface area (Å²) in [7, 11) is 0.325. The molecule has 0 radical (unpaired) electrons. The topological polar surface area (TPSA) is 42.6 Å². The summed E-state index contributed by atoms with van der Waals surface area (Å²) in [6, 6.07) is 11.7. The summed E-state index contributed by atoms with van der Waals surface area (Å²) in [4.78, 5) is 0. The van der Waals surface area contributed by atoms with Gasteiger partial charge in [-0.1, -0.05) is 35.9 Å². The van der Waals surface area contributed by atoms with Crippen molar-refractivity contribution in [2.75, 3.05) is 0 Å². The van der Waals surface area contributed by atoms with Crippen LogP contribution < -0.4 is 5.46 Å². The molecule has 1 heterocycles. The van der Waals surface area contributed by atoms with Crippen LogP contribution in [0.3, 0.4) is 0 Å². The number of hydrogen-bond acceptors (Lipinski definition) is 3. The van der Waals surface area contributed by atoms with Gasteiger partial charge in [0.25, 0.3) is 0 Å². The quantitative estimate of drug-likeness (QED) is 0.740. The largest absolute Gasteiger partial charge is 0.456 e. The molecule has 0 bridgehead atoms. The summed E-state index contributed by atoms with van der Waals surface area (Å²) in [6.45, 7) is 7.21. The van der Waals surface area contributed by atoms with Gasteiger partial charge in [0, 0.05) is 15.8 Å². The predicted octanol–water partition coefficient (Wildman–Crippen LogP) is 3.78. The Kier molecular flexibility index (Phi) is 3.95. The first-order valence-electron chi connectivity index (χ1n) is 7.66. The lowest BCUT2D eigenvalue weighted by molar-refractivity contribution is -0.0893. The minimum Gasteiger partial charge on any atom is -0.456 e. The van der Waals surface area contributed by atoms with Crippen molar-refractivity contribution in [2.45, 2.75) is 38.9 Å². The van der Waals surface area contributed by atoms with E-state index in [0.717, 1.165) is 27.4 Å². The van der Waals surface area contributed by atoms with Crippen LogP contribution in [0, 0.1) is 0 Å². The van der Waals surface area contributed by atoms with Crippen molar-refractivity contribution in [3.63, 3.8) is 0 Å². The number of aliphatic hydroxyl groups is 1. The van der Waals surface area contributed by atoms with Crippen molar-refractivity contribution >= 4 is 46.5 Å².